The van der Waals surface area contributed by atoms with Crippen LogP contribution >= 0.6 is 0 Å². The number of aryl methyl sites for hydroxylation is 1. The zero-order valence-corrected chi connectivity index (χ0v) is 19.2. The van der Waals surface area contributed by atoms with Crippen LogP contribution in [-0.4, -0.2) is 72.2 Å². The standard InChI is InChI=1S/C21H25B3F3NO5/c1-11-17-15-3-2-13(33-20(23,24)21(25,26)27)8-12(15)4-5-28(17)19(16(22)18(11)29)32-10-14-9-30-6-7-31-14/h2-3,8,14H,4-7,9-10,22-24H2,1H3. The lowest BCUT2D eigenvalue weighted by Gasteiger charge is -2.32. The molecular weight excluding hydrogens is 436 g/mol. The Labute approximate surface area is 192 Å². The molecule has 1 aromatic heterocycles. The third-order valence-electron chi connectivity index (χ3n) is 6.16. The highest BCUT2D eigenvalue weighted by molar-refractivity contribution is 6.40. The minimum atomic E-state index is -4.50. The van der Waals surface area contributed by atoms with Crippen LogP contribution in [0.1, 0.15) is 11.1 Å². The molecule has 4 rings (SSSR count). The summed E-state index contributed by atoms with van der Waals surface area (Å²) in [5.74, 6) is 0.626. The molecule has 1 unspecified atom stereocenters. The normalized spacial score (nSPS) is 18.4. The molecule has 1 atom stereocenters. The first-order chi connectivity index (χ1) is 15.5. The van der Waals surface area contributed by atoms with E-state index in [1.807, 2.05) is 4.57 Å². The van der Waals surface area contributed by atoms with Crippen LogP contribution in [0.5, 0.6) is 11.6 Å². The molecular formula is C21H25B3F3NO5. The van der Waals surface area contributed by atoms with E-state index in [4.69, 9.17) is 18.9 Å². The monoisotopic (exact) mass is 461 g/mol. The zero-order chi connectivity index (χ0) is 24.0. The van der Waals surface area contributed by atoms with Gasteiger partial charge in [0, 0.05) is 23.1 Å². The Balaban J connectivity index is 1.69. The first kappa shape index (κ1) is 23.8. The van der Waals surface area contributed by atoms with Crippen molar-refractivity contribution >= 4 is 29.0 Å². The maximum atomic E-state index is 13.2. The van der Waals surface area contributed by atoms with Crippen molar-refractivity contribution in [1.29, 1.82) is 0 Å². The molecule has 1 aromatic carbocycles. The average molecular weight is 461 g/mol. The van der Waals surface area contributed by atoms with Crippen molar-refractivity contribution in [3.05, 3.63) is 39.5 Å². The Morgan fingerprint density at radius 1 is 1.24 bits per heavy atom. The second-order valence-electron chi connectivity index (χ2n) is 8.94. The fourth-order valence-corrected chi connectivity index (χ4v) is 4.20. The molecule has 3 heterocycles. The summed E-state index contributed by atoms with van der Waals surface area (Å²) in [6.07, 6.45) is -4.15. The summed E-state index contributed by atoms with van der Waals surface area (Å²) in [7, 11) is 3.74. The molecule has 0 spiro atoms. The number of halogens is 3. The fraction of sp³-hybridized carbons (Fsp3) is 0.476. The Kier molecular flexibility index (Phi) is 6.35. The maximum Gasteiger partial charge on any atom is 0.411 e. The third-order valence-corrected chi connectivity index (χ3v) is 6.16. The van der Waals surface area contributed by atoms with Gasteiger partial charge in [0.25, 0.3) is 0 Å². The van der Waals surface area contributed by atoms with E-state index in [-0.39, 0.29) is 23.9 Å². The zero-order valence-electron chi connectivity index (χ0n) is 19.2. The number of fused-ring (bicyclic) bond motifs is 3. The molecule has 2 aliphatic heterocycles. The minimum absolute atomic E-state index is 0.122. The van der Waals surface area contributed by atoms with Gasteiger partial charge >= 0.3 is 6.18 Å². The first-order valence-electron chi connectivity index (χ1n) is 10.9. The summed E-state index contributed by atoms with van der Waals surface area (Å²) in [5.41, 5.74) is 3.29. The first-order valence-corrected chi connectivity index (χ1v) is 10.9. The van der Waals surface area contributed by atoms with Gasteiger partial charge in [0.2, 0.25) is 0 Å². The van der Waals surface area contributed by atoms with Gasteiger partial charge in [-0.2, -0.15) is 13.2 Å². The van der Waals surface area contributed by atoms with Crippen LogP contribution in [0.2, 0.25) is 0 Å². The highest BCUT2D eigenvalue weighted by atomic mass is 19.4. The Hall–Kier alpha value is -2.33. The van der Waals surface area contributed by atoms with E-state index in [0.717, 1.165) is 26.8 Å². The second kappa shape index (κ2) is 8.79. The topological polar surface area (TPSA) is 58.9 Å². The van der Waals surface area contributed by atoms with Crippen molar-refractivity contribution in [2.75, 3.05) is 26.4 Å². The lowest BCUT2D eigenvalue weighted by molar-refractivity contribution is -0.185. The second-order valence-corrected chi connectivity index (χ2v) is 8.94. The predicted octanol–water partition coefficient (Wildman–Crippen LogP) is -0.706. The molecule has 0 radical (unpaired) electrons. The highest BCUT2D eigenvalue weighted by Crippen LogP contribution is 2.37. The van der Waals surface area contributed by atoms with Gasteiger partial charge in [-0.25, -0.2) is 0 Å². The van der Waals surface area contributed by atoms with Crippen LogP contribution in [0.4, 0.5) is 13.2 Å². The molecule has 1 fully saturated rings. The van der Waals surface area contributed by atoms with Crippen LogP contribution in [-0.2, 0) is 22.4 Å². The Morgan fingerprint density at radius 3 is 2.67 bits per heavy atom. The minimum Gasteiger partial charge on any atom is -0.496 e. The number of benzene rings is 1. The molecule has 1 saturated heterocycles. The van der Waals surface area contributed by atoms with E-state index in [9.17, 15) is 18.0 Å². The van der Waals surface area contributed by atoms with Gasteiger partial charge in [-0.15, -0.1) is 0 Å². The van der Waals surface area contributed by atoms with E-state index < -0.39 is 11.6 Å². The predicted molar refractivity (Wildman–Crippen MR) is 125 cm³/mol. The largest absolute Gasteiger partial charge is 0.496 e. The maximum absolute atomic E-state index is 13.2. The molecule has 2 aliphatic rings. The van der Waals surface area contributed by atoms with E-state index in [2.05, 4.69) is 0 Å². The lowest BCUT2D eigenvalue weighted by atomic mass is 9.64. The van der Waals surface area contributed by atoms with E-state index in [1.165, 1.54) is 6.07 Å². The summed E-state index contributed by atoms with van der Waals surface area (Å²) in [6, 6.07) is 4.86. The molecule has 0 bridgehead atoms. The summed E-state index contributed by atoms with van der Waals surface area (Å²) in [4.78, 5) is 13.0. The van der Waals surface area contributed by atoms with Gasteiger partial charge in [-0.1, -0.05) is 0 Å². The highest BCUT2D eigenvalue weighted by Gasteiger charge is 2.49. The molecule has 2 aromatic rings. The number of rotatable bonds is 5. The van der Waals surface area contributed by atoms with E-state index in [1.54, 1.807) is 26.9 Å². The summed E-state index contributed by atoms with van der Waals surface area (Å²) >= 11 is 0. The summed E-state index contributed by atoms with van der Waals surface area (Å²) in [5, 5.41) is -2.32. The number of aromatic nitrogens is 1. The molecule has 0 aliphatic carbocycles. The van der Waals surface area contributed by atoms with Crippen molar-refractivity contribution < 1.29 is 32.1 Å². The quantitative estimate of drug-likeness (QED) is 0.552. The van der Waals surface area contributed by atoms with Gasteiger partial charge in [0.05, 0.1) is 25.5 Å². The van der Waals surface area contributed by atoms with Crippen LogP contribution < -0.4 is 20.4 Å². The Morgan fingerprint density at radius 2 is 2.00 bits per heavy atom. The molecule has 174 valence electrons. The van der Waals surface area contributed by atoms with Gasteiger partial charge in [-0.3, -0.25) is 4.79 Å². The average Bonchev–Trinajstić information content (AvgIpc) is 2.76. The number of pyridine rings is 1. The van der Waals surface area contributed by atoms with Crippen molar-refractivity contribution in [3.8, 4) is 22.9 Å². The number of ether oxygens (including phenoxy) is 4. The van der Waals surface area contributed by atoms with Crippen LogP contribution in [0, 0.1) is 6.92 Å². The van der Waals surface area contributed by atoms with E-state index in [0.29, 0.717) is 55.4 Å². The number of hydrogen-bond acceptors (Lipinski definition) is 5. The van der Waals surface area contributed by atoms with Crippen molar-refractivity contribution in [3.63, 3.8) is 0 Å². The van der Waals surface area contributed by atoms with E-state index >= 15 is 0 Å². The molecule has 0 N–H and O–H groups in total. The third kappa shape index (κ3) is 4.55. The lowest BCUT2D eigenvalue weighted by Crippen LogP contribution is -2.51. The van der Waals surface area contributed by atoms with Gasteiger partial charge in [0.1, 0.15) is 23.9 Å². The molecule has 0 amide bonds. The number of alkyl halides is 3. The SMILES string of the molecule is Bc1c(OCC2COCCO2)n2c(c(C)c1=O)-c1ccc(OC(B)(B)C(F)(F)F)cc1CC2. The van der Waals surface area contributed by atoms with Crippen molar-refractivity contribution in [2.45, 2.75) is 37.6 Å². The molecule has 0 saturated carbocycles. The molecule has 12 heteroatoms. The smallest absolute Gasteiger partial charge is 0.411 e. The van der Waals surface area contributed by atoms with Crippen molar-refractivity contribution in [1.82, 2.24) is 4.57 Å². The van der Waals surface area contributed by atoms with Gasteiger partial charge in [0.15, 0.2) is 34.8 Å². The summed E-state index contributed by atoms with van der Waals surface area (Å²) in [6.45, 7) is 4.03. The Bertz CT molecular complexity index is 1110. The van der Waals surface area contributed by atoms with Crippen molar-refractivity contribution in [2.24, 2.45) is 0 Å². The number of nitrogens with zero attached hydrogens (tertiary/aromatic N) is 1. The molecule has 6 nitrogen and oxygen atoms in total. The van der Waals surface area contributed by atoms with Gasteiger partial charge in [-0.05, 0) is 37.1 Å². The van der Waals surface area contributed by atoms with Gasteiger partial charge < -0.3 is 23.5 Å². The molecule has 33 heavy (non-hydrogen) atoms. The number of hydrogen-bond donors (Lipinski definition) is 0. The van der Waals surface area contributed by atoms with Crippen LogP contribution in [0.25, 0.3) is 11.3 Å². The van der Waals surface area contributed by atoms with Crippen LogP contribution in [0.15, 0.2) is 23.0 Å². The summed E-state index contributed by atoms with van der Waals surface area (Å²) < 4.78 is 64.1. The fourth-order valence-electron chi connectivity index (χ4n) is 4.20. The van der Waals surface area contributed by atoms with Crippen LogP contribution in [0.3, 0.4) is 0 Å².